The van der Waals surface area contributed by atoms with E-state index >= 15 is 0 Å². The molecule has 0 spiro atoms. The molecular formula is C30H56O4. The van der Waals surface area contributed by atoms with E-state index < -0.39 is 0 Å². The van der Waals surface area contributed by atoms with Crippen molar-refractivity contribution in [2.24, 2.45) is 35.5 Å². The van der Waals surface area contributed by atoms with Crippen LogP contribution >= 0.6 is 0 Å². The molecule has 0 radical (unpaired) electrons. The Morgan fingerprint density at radius 1 is 0.588 bits per heavy atom. The van der Waals surface area contributed by atoms with E-state index in [2.05, 4.69) is 41.5 Å². The maximum absolute atomic E-state index is 12.5. The van der Waals surface area contributed by atoms with Crippen LogP contribution in [-0.2, 0) is 19.1 Å². The average Bonchev–Trinajstić information content (AvgIpc) is 2.85. The summed E-state index contributed by atoms with van der Waals surface area (Å²) in [5.41, 5.74) is 0. The predicted octanol–water partition coefficient (Wildman–Crippen LogP) is 8.36. The lowest BCUT2D eigenvalue weighted by atomic mass is 9.82. The summed E-state index contributed by atoms with van der Waals surface area (Å²) >= 11 is 0. The molecule has 1 saturated carbocycles. The molecule has 1 aliphatic carbocycles. The first-order valence-electron chi connectivity index (χ1n) is 14.6. The first-order valence-corrected chi connectivity index (χ1v) is 14.6. The van der Waals surface area contributed by atoms with Crippen molar-refractivity contribution in [1.82, 2.24) is 0 Å². The Bertz CT molecular complexity index is 490. The molecule has 200 valence electrons. The smallest absolute Gasteiger partial charge is 0.308 e. The second-order valence-electron chi connectivity index (χ2n) is 11.7. The molecule has 0 amide bonds. The number of esters is 2. The van der Waals surface area contributed by atoms with Gasteiger partial charge in [0.15, 0.2) is 0 Å². The molecule has 0 aliphatic heterocycles. The SMILES string of the molecule is CCCCC(C)CCC(C)COC(=O)C1CCC(C(=O)OCC(C)CCC(C)CCCC)CC1. The van der Waals surface area contributed by atoms with Gasteiger partial charge in [0.05, 0.1) is 25.0 Å². The number of hydrogen-bond acceptors (Lipinski definition) is 4. The van der Waals surface area contributed by atoms with Gasteiger partial charge in [0.2, 0.25) is 0 Å². The van der Waals surface area contributed by atoms with Gasteiger partial charge in [-0.15, -0.1) is 0 Å². The lowest BCUT2D eigenvalue weighted by molar-refractivity contribution is -0.156. The average molecular weight is 481 g/mol. The molecule has 0 saturated heterocycles. The third-order valence-electron chi connectivity index (χ3n) is 7.82. The van der Waals surface area contributed by atoms with Gasteiger partial charge < -0.3 is 9.47 Å². The minimum atomic E-state index is -0.0662. The van der Waals surface area contributed by atoms with E-state index in [1.165, 1.54) is 51.4 Å². The number of hydrogen-bond donors (Lipinski definition) is 0. The molecule has 1 aliphatic rings. The molecule has 0 bridgehead atoms. The first kappa shape index (κ1) is 31.0. The van der Waals surface area contributed by atoms with E-state index in [1.54, 1.807) is 0 Å². The maximum atomic E-state index is 12.5. The van der Waals surface area contributed by atoms with Crippen LogP contribution in [0.2, 0.25) is 0 Å². The van der Waals surface area contributed by atoms with E-state index in [1.807, 2.05) is 0 Å². The number of carbonyl (C=O) groups is 2. The quantitative estimate of drug-likeness (QED) is 0.185. The Labute approximate surface area is 211 Å². The molecule has 4 nitrogen and oxygen atoms in total. The van der Waals surface area contributed by atoms with Gasteiger partial charge in [-0.3, -0.25) is 9.59 Å². The second-order valence-corrected chi connectivity index (χ2v) is 11.7. The maximum Gasteiger partial charge on any atom is 0.308 e. The molecule has 1 fully saturated rings. The molecule has 4 unspecified atom stereocenters. The van der Waals surface area contributed by atoms with E-state index in [0.717, 1.165) is 50.4 Å². The van der Waals surface area contributed by atoms with Gasteiger partial charge >= 0.3 is 11.9 Å². The van der Waals surface area contributed by atoms with Crippen molar-refractivity contribution >= 4 is 11.9 Å². The van der Waals surface area contributed by atoms with Gasteiger partial charge in [-0.1, -0.05) is 92.9 Å². The topological polar surface area (TPSA) is 52.6 Å². The van der Waals surface area contributed by atoms with E-state index in [-0.39, 0.29) is 23.8 Å². The van der Waals surface area contributed by atoms with Crippen LogP contribution in [0.5, 0.6) is 0 Å². The van der Waals surface area contributed by atoms with Crippen LogP contribution in [0.1, 0.15) is 131 Å². The molecule has 0 heterocycles. The van der Waals surface area contributed by atoms with Crippen molar-refractivity contribution in [1.29, 1.82) is 0 Å². The van der Waals surface area contributed by atoms with Crippen molar-refractivity contribution in [3.8, 4) is 0 Å². The molecule has 0 N–H and O–H groups in total. The summed E-state index contributed by atoms with van der Waals surface area (Å²) in [4.78, 5) is 25.1. The molecule has 34 heavy (non-hydrogen) atoms. The molecule has 1 rings (SSSR count). The molecule has 4 atom stereocenters. The van der Waals surface area contributed by atoms with Crippen LogP contribution in [-0.4, -0.2) is 25.2 Å². The van der Waals surface area contributed by atoms with Crippen LogP contribution in [0, 0.1) is 35.5 Å². The zero-order valence-corrected chi connectivity index (χ0v) is 23.4. The fraction of sp³-hybridized carbons (Fsp3) is 0.933. The highest BCUT2D eigenvalue weighted by Gasteiger charge is 2.32. The largest absolute Gasteiger partial charge is 0.465 e. The third kappa shape index (κ3) is 13.7. The fourth-order valence-corrected chi connectivity index (χ4v) is 4.95. The van der Waals surface area contributed by atoms with Gasteiger partial charge in [-0.05, 0) is 62.2 Å². The third-order valence-corrected chi connectivity index (χ3v) is 7.82. The molecule has 0 aromatic carbocycles. The highest BCUT2D eigenvalue weighted by atomic mass is 16.5. The number of carbonyl (C=O) groups excluding carboxylic acids is 2. The molecule has 0 aromatic rings. The standard InChI is InChI=1S/C30H56O4/c1-7-9-11-23(3)13-15-25(5)21-33-29(31)27-17-19-28(20-18-27)30(32)34-22-26(6)16-14-24(4)12-10-8-2/h23-28H,7-22H2,1-6H3. The Morgan fingerprint density at radius 3 is 1.24 bits per heavy atom. The summed E-state index contributed by atoms with van der Waals surface area (Å²) in [6.07, 6.45) is 15.3. The summed E-state index contributed by atoms with van der Waals surface area (Å²) in [5.74, 6) is 2.10. The van der Waals surface area contributed by atoms with Crippen LogP contribution in [0.15, 0.2) is 0 Å². The summed E-state index contributed by atoms with van der Waals surface area (Å²) < 4.78 is 11.3. The molecule has 4 heteroatoms. The van der Waals surface area contributed by atoms with Crippen molar-refractivity contribution in [3.63, 3.8) is 0 Å². The van der Waals surface area contributed by atoms with Crippen LogP contribution in [0.25, 0.3) is 0 Å². The van der Waals surface area contributed by atoms with Gasteiger partial charge in [0, 0.05) is 0 Å². The van der Waals surface area contributed by atoms with Gasteiger partial charge in [-0.25, -0.2) is 0 Å². The highest BCUT2D eigenvalue weighted by molar-refractivity contribution is 5.75. The number of ether oxygens (including phenoxy) is 2. The van der Waals surface area contributed by atoms with Crippen molar-refractivity contribution < 1.29 is 19.1 Å². The second kappa shape index (κ2) is 18.2. The van der Waals surface area contributed by atoms with Crippen molar-refractivity contribution in [2.45, 2.75) is 131 Å². The number of rotatable bonds is 18. The fourth-order valence-electron chi connectivity index (χ4n) is 4.95. The first-order chi connectivity index (χ1) is 16.3. The van der Waals surface area contributed by atoms with Crippen molar-refractivity contribution in [3.05, 3.63) is 0 Å². The lowest BCUT2D eigenvalue weighted by Crippen LogP contribution is -2.29. The Kier molecular flexibility index (Phi) is 16.6. The predicted molar refractivity (Wildman–Crippen MR) is 142 cm³/mol. The van der Waals surface area contributed by atoms with Crippen LogP contribution < -0.4 is 0 Å². The molecule has 0 aromatic heterocycles. The Balaban J connectivity index is 2.19. The van der Waals surface area contributed by atoms with Crippen molar-refractivity contribution in [2.75, 3.05) is 13.2 Å². The summed E-state index contributed by atoms with van der Waals surface area (Å²) in [7, 11) is 0. The van der Waals surface area contributed by atoms with E-state index in [4.69, 9.17) is 9.47 Å². The van der Waals surface area contributed by atoms with Gasteiger partial charge in [0.25, 0.3) is 0 Å². The van der Waals surface area contributed by atoms with Gasteiger partial charge in [-0.2, -0.15) is 0 Å². The van der Waals surface area contributed by atoms with Crippen LogP contribution in [0.3, 0.4) is 0 Å². The summed E-state index contributed by atoms with van der Waals surface area (Å²) in [6, 6.07) is 0. The monoisotopic (exact) mass is 480 g/mol. The van der Waals surface area contributed by atoms with E-state index in [0.29, 0.717) is 25.0 Å². The molecular weight excluding hydrogens is 424 g/mol. The normalized spacial score (nSPS) is 21.9. The van der Waals surface area contributed by atoms with Crippen LogP contribution in [0.4, 0.5) is 0 Å². The Morgan fingerprint density at radius 2 is 0.912 bits per heavy atom. The highest BCUT2D eigenvalue weighted by Crippen LogP contribution is 2.31. The van der Waals surface area contributed by atoms with Gasteiger partial charge in [0.1, 0.15) is 0 Å². The zero-order chi connectivity index (χ0) is 25.3. The minimum Gasteiger partial charge on any atom is -0.465 e. The number of unbranched alkanes of at least 4 members (excludes halogenated alkanes) is 2. The summed E-state index contributed by atoms with van der Waals surface area (Å²) in [6.45, 7) is 14.5. The zero-order valence-electron chi connectivity index (χ0n) is 23.4. The Hall–Kier alpha value is -1.06. The summed E-state index contributed by atoms with van der Waals surface area (Å²) in [5, 5.41) is 0. The lowest BCUT2D eigenvalue weighted by Gasteiger charge is -2.27. The minimum absolute atomic E-state index is 0.0525. The van der Waals surface area contributed by atoms with E-state index in [9.17, 15) is 9.59 Å².